The molecule has 136 valence electrons. The summed E-state index contributed by atoms with van der Waals surface area (Å²) in [6.07, 6.45) is 13.1. The van der Waals surface area contributed by atoms with E-state index >= 15 is 0 Å². The lowest BCUT2D eigenvalue weighted by molar-refractivity contribution is -0.119. The molecule has 0 heterocycles. The van der Waals surface area contributed by atoms with Gasteiger partial charge in [-0.3, -0.25) is 4.79 Å². The molecule has 5 aliphatic carbocycles. The third-order valence-electron chi connectivity index (χ3n) is 8.81. The number of aliphatic hydroxyl groups excluding tert-OH is 1. The Hall–Kier alpha value is -0.930. The summed E-state index contributed by atoms with van der Waals surface area (Å²) in [5, 5.41) is 20.8. The molecule has 0 saturated heterocycles. The first-order valence-corrected chi connectivity index (χ1v) is 10.2. The van der Waals surface area contributed by atoms with Crippen LogP contribution in [0.3, 0.4) is 0 Å². The Morgan fingerprint density at radius 3 is 2.84 bits per heavy atom. The second-order valence-electron chi connectivity index (χ2n) is 9.60. The maximum Gasteiger partial charge on any atom is 0.155 e. The fourth-order valence-corrected chi connectivity index (χ4v) is 7.77. The summed E-state index contributed by atoms with van der Waals surface area (Å²) in [5.74, 6) is 4.06. The van der Waals surface area contributed by atoms with Gasteiger partial charge < -0.3 is 10.2 Å². The summed E-state index contributed by atoms with van der Waals surface area (Å²) in [7, 11) is 0. The maximum atomic E-state index is 11.8. The van der Waals surface area contributed by atoms with E-state index in [-0.39, 0.29) is 12.0 Å². The van der Waals surface area contributed by atoms with Gasteiger partial charge >= 0.3 is 0 Å². The first kappa shape index (κ1) is 16.3. The summed E-state index contributed by atoms with van der Waals surface area (Å²) in [5.41, 5.74) is 0.662. The van der Waals surface area contributed by atoms with E-state index in [4.69, 9.17) is 0 Å². The molecule has 4 saturated carbocycles. The van der Waals surface area contributed by atoms with Crippen LogP contribution in [-0.2, 0) is 4.79 Å². The molecule has 0 unspecified atom stereocenters. The molecule has 25 heavy (non-hydrogen) atoms. The molecule has 3 heteroatoms. The molecule has 0 aromatic rings. The number of allylic oxidation sites excluding steroid dienone is 1. The van der Waals surface area contributed by atoms with Crippen LogP contribution in [0.5, 0.6) is 0 Å². The van der Waals surface area contributed by atoms with Gasteiger partial charge in [-0.15, -0.1) is 0 Å². The van der Waals surface area contributed by atoms with E-state index < -0.39 is 5.60 Å². The fraction of sp³-hybridized carbons (Fsp3) is 0.773. The highest BCUT2D eigenvalue weighted by Gasteiger charge is 2.74. The molecule has 0 bridgehead atoms. The lowest BCUT2D eigenvalue weighted by Crippen LogP contribution is -2.54. The van der Waals surface area contributed by atoms with Gasteiger partial charge in [-0.2, -0.15) is 0 Å². The summed E-state index contributed by atoms with van der Waals surface area (Å²) in [6.45, 7) is 2.33. The fourth-order valence-electron chi connectivity index (χ4n) is 7.77. The summed E-state index contributed by atoms with van der Waals surface area (Å²) < 4.78 is 0. The zero-order valence-corrected chi connectivity index (χ0v) is 15.2. The minimum atomic E-state index is -0.727. The Kier molecular flexibility index (Phi) is 3.44. The number of fused-ring (bicyclic) bond motifs is 7. The van der Waals surface area contributed by atoms with Gasteiger partial charge in [-0.25, -0.2) is 0 Å². The van der Waals surface area contributed by atoms with Crippen molar-refractivity contribution in [1.82, 2.24) is 0 Å². The van der Waals surface area contributed by atoms with Gasteiger partial charge in [0.05, 0.1) is 12.2 Å². The standard InChI is InChI=1S/C22H30O3/c1-21-9-7-16-15-6-4-14(24)11-13(15)3-5-17(16)20(21)18-12-19(18)22(21,25)8-2-10-23/h2,8,11,15-20,23,25H,3-7,9-10,12H2,1H3/b8-2-/t15-,16+,17+,18+,19-,20+,21-,22-/m0/s1. The highest BCUT2D eigenvalue weighted by atomic mass is 16.3. The van der Waals surface area contributed by atoms with Gasteiger partial charge in [-0.05, 0) is 80.1 Å². The number of ketones is 1. The predicted octanol–water partition coefficient (Wildman–Crippen LogP) is 3.26. The second-order valence-corrected chi connectivity index (χ2v) is 9.60. The van der Waals surface area contributed by atoms with Gasteiger partial charge in [0.25, 0.3) is 0 Å². The van der Waals surface area contributed by atoms with Crippen LogP contribution >= 0.6 is 0 Å². The molecule has 5 rings (SSSR count). The Labute approximate surface area is 150 Å². The lowest BCUT2D eigenvalue weighted by atomic mass is 9.49. The van der Waals surface area contributed by atoms with Crippen LogP contribution in [0.25, 0.3) is 0 Å². The number of hydrogen-bond acceptors (Lipinski definition) is 3. The second kappa shape index (κ2) is 5.29. The summed E-state index contributed by atoms with van der Waals surface area (Å²) >= 11 is 0. The highest BCUT2D eigenvalue weighted by molar-refractivity contribution is 5.91. The number of carbonyl (C=O) groups excluding carboxylic acids is 1. The zero-order valence-electron chi connectivity index (χ0n) is 15.2. The number of aliphatic hydroxyl groups is 2. The van der Waals surface area contributed by atoms with Crippen molar-refractivity contribution in [3.05, 3.63) is 23.8 Å². The molecular formula is C22H30O3. The van der Waals surface area contributed by atoms with Crippen molar-refractivity contribution in [2.75, 3.05) is 6.61 Å². The van der Waals surface area contributed by atoms with Crippen molar-refractivity contribution in [3.63, 3.8) is 0 Å². The molecule has 8 atom stereocenters. The summed E-state index contributed by atoms with van der Waals surface area (Å²) in [6, 6.07) is 0. The van der Waals surface area contributed by atoms with E-state index in [2.05, 4.69) is 6.92 Å². The Morgan fingerprint density at radius 1 is 1.20 bits per heavy atom. The first-order valence-electron chi connectivity index (χ1n) is 10.2. The van der Waals surface area contributed by atoms with Crippen molar-refractivity contribution >= 4 is 5.78 Å². The van der Waals surface area contributed by atoms with E-state index in [1.807, 2.05) is 12.2 Å². The molecule has 0 radical (unpaired) electrons. The van der Waals surface area contributed by atoms with Gasteiger partial charge in [0.2, 0.25) is 0 Å². The van der Waals surface area contributed by atoms with Gasteiger partial charge in [0.15, 0.2) is 5.78 Å². The van der Waals surface area contributed by atoms with Crippen molar-refractivity contribution in [2.24, 2.45) is 40.9 Å². The SMILES string of the molecule is C[C@]12CC[C@H]3[C@@H](CCC4=CC(=O)CC[C@@H]43)[C@@H]1[C@@H]1C[C@@H]1[C@@]2(O)/C=C\CO. The summed E-state index contributed by atoms with van der Waals surface area (Å²) in [4.78, 5) is 11.8. The zero-order chi connectivity index (χ0) is 17.4. The first-order chi connectivity index (χ1) is 12.0. The van der Waals surface area contributed by atoms with Crippen molar-refractivity contribution < 1.29 is 15.0 Å². The minimum absolute atomic E-state index is 0.0107. The molecule has 0 spiro atoms. The number of rotatable bonds is 2. The highest BCUT2D eigenvalue weighted by Crippen LogP contribution is 2.76. The number of hydrogen-bond donors (Lipinski definition) is 2. The maximum absolute atomic E-state index is 11.8. The Bertz CT molecular complexity index is 664. The molecule has 0 aromatic heterocycles. The smallest absolute Gasteiger partial charge is 0.155 e. The number of carbonyl (C=O) groups is 1. The Balaban J connectivity index is 1.48. The largest absolute Gasteiger partial charge is 0.392 e. The van der Waals surface area contributed by atoms with E-state index in [0.29, 0.717) is 35.4 Å². The Morgan fingerprint density at radius 2 is 2.04 bits per heavy atom. The molecule has 3 nitrogen and oxygen atoms in total. The minimum Gasteiger partial charge on any atom is -0.392 e. The topological polar surface area (TPSA) is 57.5 Å². The van der Waals surface area contributed by atoms with Gasteiger partial charge in [0, 0.05) is 11.8 Å². The third kappa shape index (κ3) is 2.03. The molecule has 0 amide bonds. The molecule has 5 aliphatic rings. The van der Waals surface area contributed by atoms with E-state index in [1.165, 1.54) is 18.4 Å². The van der Waals surface area contributed by atoms with Crippen LogP contribution in [0.2, 0.25) is 0 Å². The molecule has 4 fully saturated rings. The van der Waals surface area contributed by atoms with Crippen LogP contribution in [0, 0.1) is 40.9 Å². The van der Waals surface area contributed by atoms with Gasteiger partial charge in [-0.1, -0.05) is 24.6 Å². The van der Waals surface area contributed by atoms with Crippen LogP contribution < -0.4 is 0 Å². The van der Waals surface area contributed by atoms with Crippen LogP contribution in [0.4, 0.5) is 0 Å². The van der Waals surface area contributed by atoms with E-state index in [0.717, 1.165) is 38.0 Å². The lowest BCUT2D eigenvalue weighted by Gasteiger charge is -2.56. The van der Waals surface area contributed by atoms with Crippen molar-refractivity contribution in [3.8, 4) is 0 Å². The molecule has 0 aromatic carbocycles. The monoisotopic (exact) mass is 342 g/mol. The van der Waals surface area contributed by atoms with Crippen molar-refractivity contribution in [2.45, 2.75) is 57.5 Å². The van der Waals surface area contributed by atoms with Crippen LogP contribution in [-0.4, -0.2) is 28.2 Å². The average Bonchev–Trinajstić information content (AvgIpc) is 3.36. The molecule has 2 N–H and O–H groups in total. The third-order valence-corrected chi connectivity index (χ3v) is 8.81. The van der Waals surface area contributed by atoms with E-state index in [9.17, 15) is 15.0 Å². The van der Waals surface area contributed by atoms with Gasteiger partial charge in [0.1, 0.15) is 0 Å². The normalized spacial score (nSPS) is 53.7. The predicted molar refractivity (Wildman–Crippen MR) is 95.6 cm³/mol. The molecule has 0 aliphatic heterocycles. The quantitative estimate of drug-likeness (QED) is 0.757. The van der Waals surface area contributed by atoms with E-state index in [1.54, 1.807) is 6.08 Å². The van der Waals surface area contributed by atoms with Crippen LogP contribution in [0.1, 0.15) is 51.9 Å². The average molecular weight is 342 g/mol. The van der Waals surface area contributed by atoms with Crippen LogP contribution in [0.15, 0.2) is 23.8 Å². The van der Waals surface area contributed by atoms with Crippen molar-refractivity contribution in [1.29, 1.82) is 0 Å². The molecular weight excluding hydrogens is 312 g/mol.